The molecule has 0 N–H and O–H groups in total. The molecule has 0 saturated heterocycles. The van der Waals surface area contributed by atoms with Gasteiger partial charge in [0.15, 0.2) is 0 Å². The van der Waals surface area contributed by atoms with E-state index in [9.17, 15) is 0 Å². The van der Waals surface area contributed by atoms with Crippen LogP contribution in [0.1, 0.15) is 49.9 Å². The number of para-hydroxylation sites is 4. The first kappa shape index (κ1) is 53.6. The molecule has 0 fully saturated rings. The molecular weight excluding hydrogens is 1290 g/mol. The summed E-state index contributed by atoms with van der Waals surface area (Å²) in [5.41, 5.74) is 32.9. The Labute approximate surface area is 567 Å². The molecule has 6 aliphatic heterocycles. The first-order chi connectivity index (χ1) is 47.2. The zero-order valence-corrected chi connectivity index (χ0v) is 58.4. The van der Waals surface area contributed by atoms with E-state index in [-0.39, 0.29) is 10.8 Å². The summed E-state index contributed by atoms with van der Waals surface area (Å²) in [6.07, 6.45) is 0. The molecule has 2 unspecified atom stereocenters. The normalized spacial score (nSPS) is 17.0. The number of benzene rings is 14. The zero-order chi connectivity index (χ0) is 63.2. The van der Waals surface area contributed by atoms with Crippen molar-refractivity contribution in [2.45, 2.75) is 38.5 Å². The van der Waals surface area contributed by atoms with Gasteiger partial charge < -0.3 is 0 Å². The second-order valence-electron chi connectivity index (χ2n) is 28.3. The third kappa shape index (κ3) is 6.73. The molecule has 0 aromatic heterocycles. The Morgan fingerprint density at radius 3 is 0.812 bits per heavy atom. The van der Waals surface area contributed by atoms with Gasteiger partial charge in [-0.2, -0.15) is 0 Å². The van der Waals surface area contributed by atoms with Gasteiger partial charge in [0.1, 0.15) is 0 Å². The molecule has 96 heavy (non-hydrogen) atoms. The first-order valence-corrected chi connectivity index (χ1v) is 41.2. The Morgan fingerprint density at radius 1 is 0.208 bits per heavy atom. The molecule has 22 rings (SSSR count). The fraction of sp³-hybridized carbons (Fsp3) is 0.0682. The fourth-order valence-corrected chi connectivity index (χ4v) is 35.9. The van der Waals surface area contributed by atoms with Gasteiger partial charge in [-0.15, -0.1) is 0 Å². The van der Waals surface area contributed by atoms with Crippen molar-refractivity contribution in [2.24, 2.45) is 0 Å². The summed E-state index contributed by atoms with van der Waals surface area (Å²) in [6, 6.07) is 113. The number of fused-ring (bicyclic) bond motifs is 9. The molecule has 0 amide bonds. The van der Waals surface area contributed by atoms with Crippen molar-refractivity contribution in [3.05, 3.63) is 313 Å². The summed E-state index contributed by atoms with van der Waals surface area (Å²) in [6.45, 7) is 9.72. The van der Waals surface area contributed by atoms with Crippen LogP contribution in [0.5, 0.6) is 0 Å². The standard InChI is InChI=1S/C88H62Ge2N6/c1-87(2)65-35-19-17-33-59(65)61-47-45-57(49-67(61)87)93-73-41-21-37-69-79(73)89-81-71(91(69)53-25-9-5-10-26-53)39-23-43-75(81)95(55-29-13-7-14-30-55)85-64-52-78-84-86(63(64)51-77(93)83(85)89)96(56-31-15-8-16-32-56)76-44-24-40-72-82(76)90(84)80-70(92(72)54-27-11-6-12-28-54)38-22-42-74(80)94(78)58-46-48-62-60-34-18-20-36-66(60)88(3,4)68(62)50-58/h5-52,89-90H,1-4H3. The van der Waals surface area contributed by atoms with E-state index in [2.05, 4.69) is 348 Å². The average Bonchev–Trinajstić information content (AvgIpc) is 0.990. The summed E-state index contributed by atoms with van der Waals surface area (Å²) in [5.74, 6) is 0. The zero-order valence-electron chi connectivity index (χ0n) is 53.6. The van der Waals surface area contributed by atoms with Gasteiger partial charge in [0.05, 0.1) is 0 Å². The van der Waals surface area contributed by atoms with Gasteiger partial charge in [0.25, 0.3) is 0 Å². The Bertz CT molecular complexity index is 5430. The van der Waals surface area contributed by atoms with E-state index in [4.69, 9.17) is 0 Å². The Balaban J connectivity index is 0.921. The molecule has 2 aliphatic carbocycles. The molecule has 6 nitrogen and oxygen atoms in total. The van der Waals surface area contributed by atoms with Crippen LogP contribution in [0, 0.1) is 0 Å². The number of nitrogens with zero attached hydrogens (tertiary/aromatic N) is 6. The van der Waals surface area contributed by atoms with Crippen LogP contribution in [0.3, 0.4) is 0 Å². The summed E-state index contributed by atoms with van der Waals surface area (Å²) in [5, 5.41) is 2.54. The molecule has 14 aromatic rings. The number of hydrogen-bond donors (Lipinski definition) is 0. The predicted octanol–water partition coefficient (Wildman–Crippen LogP) is 18.6. The molecule has 0 bridgehead atoms. The quantitative estimate of drug-likeness (QED) is 0.153. The van der Waals surface area contributed by atoms with Crippen molar-refractivity contribution >= 4 is 168 Å². The molecular formula is C88H62Ge2N6. The van der Waals surface area contributed by atoms with Crippen molar-refractivity contribution < 1.29 is 0 Å². The molecule has 2 atom stereocenters. The third-order valence-corrected chi connectivity index (χ3v) is 37.6. The number of rotatable bonds is 6. The molecule has 8 aliphatic rings. The Hall–Kier alpha value is -10.8. The van der Waals surface area contributed by atoms with Gasteiger partial charge in [-0.3, -0.25) is 0 Å². The van der Waals surface area contributed by atoms with Gasteiger partial charge in [-0.1, -0.05) is 0 Å². The maximum absolute atomic E-state index is 3.27. The second-order valence-corrected chi connectivity index (χ2v) is 39.2. The molecule has 8 heteroatoms. The molecule has 6 heterocycles. The third-order valence-electron chi connectivity index (χ3n) is 23.0. The minimum absolute atomic E-state index is 0.216. The molecule has 14 aromatic carbocycles. The van der Waals surface area contributed by atoms with Crippen LogP contribution < -0.4 is 55.8 Å². The van der Waals surface area contributed by atoms with Crippen molar-refractivity contribution in [1.82, 2.24) is 0 Å². The fourth-order valence-electron chi connectivity index (χ4n) is 19.1. The average molecular weight is 1350 g/mol. The van der Waals surface area contributed by atoms with E-state index < -0.39 is 28.7 Å². The van der Waals surface area contributed by atoms with Gasteiger partial charge in [0.2, 0.25) is 0 Å². The number of anilines is 18. The van der Waals surface area contributed by atoms with Gasteiger partial charge in [-0.25, -0.2) is 0 Å². The van der Waals surface area contributed by atoms with Crippen LogP contribution in [0.2, 0.25) is 0 Å². The maximum atomic E-state index is 2.74. The van der Waals surface area contributed by atoms with Crippen LogP contribution in [0.4, 0.5) is 102 Å². The molecule has 0 spiro atoms. The summed E-state index contributed by atoms with van der Waals surface area (Å²) in [4.78, 5) is 16.1. The van der Waals surface area contributed by atoms with E-state index in [0.717, 1.165) is 11.4 Å². The van der Waals surface area contributed by atoms with Crippen LogP contribution in [-0.4, -0.2) is 28.7 Å². The SMILES string of the molecule is CC1(C)c2ccccc2-c2ccc(N3c4cccc5[c]4[GeH]4[c]6c(cccc6N(c6ccccc6)c6[c]4c3cc3c4[c]7c(cc63)N(c3ccc6c(c3)C(C)(C)c3ccccc3-6)c3cccc6[c]3[GeH]7[c]3c(cccc3N4c3ccccc3)N6c3ccccc3)N5c3ccccc3)cc21. The van der Waals surface area contributed by atoms with E-state index in [1.807, 2.05) is 0 Å². The molecule has 0 radical (unpaired) electrons. The number of hydrogen-bond acceptors (Lipinski definition) is 6. The van der Waals surface area contributed by atoms with Crippen molar-refractivity contribution in [2.75, 3.05) is 29.4 Å². The van der Waals surface area contributed by atoms with E-state index in [0.29, 0.717) is 0 Å². The second kappa shape index (κ2) is 19.0. The summed E-state index contributed by atoms with van der Waals surface area (Å²) >= 11 is -6.55. The van der Waals surface area contributed by atoms with Crippen LogP contribution >= 0.6 is 0 Å². The Morgan fingerprint density at radius 2 is 0.479 bits per heavy atom. The van der Waals surface area contributed by atoms with Crippen LogP contribution in [0.15, 0.2) is 291 Å². The molecule has 452 valence electrons. The van der Waals surface area contributed by atoms with E-state index in [1.54, 1.807) is 0 Å². The van der Waals surface area contributed by atoms with E-state index >= 15 is 0 Å². The van der Waals surface area contributed by atoms with Crippen molar-refractivity contribution in [1.29, 1.82) is 0 Å². The Kier molecular flexibility index (Phi) is 10.6. The van der Waals surface area contributed by atoms with Gasteiger partial charge in [0, 0.05) is 0 Å². The van der Waals surface area contributed by atoms with Crippen molar-refractivity contribution in [3.8, 4) is 22.3 Å². The summed E-state index contributed by atoms with van der Waals surface area (Å²) < 4.78 is 9.04. The van der Waals surface area contributed by atoms with Crippen molar-refractivity contribution in [3.63, 3.8) is 0 Å². The van der Waals surface area contributed by atoms with Gasteiger partial charge in [-0.05, 0) is 0 Å². The van der Waals surface area contributed by atoms with Crippen LogP contribution in [0.25, 0.3) is 33.0 Å². The topological polar surface area (TPSA) is 19.4 Å². The van der Waals surface area contributed by atoms with E-state index in [1.165, 1.54) is 173 Å². The predicted molar refractivity (Wildman–Crippen MR) is 406 cm³/mol. The first-order valence-electron chi connectivity index (χ1n) is 33.9. The monoisotopic (exact) mass is 1350 g/mol. The summed E-state index contributed by atoms with van der Waals surface area (Å²) in [7, 11) is 0. The van der Waals surface area contributed by atoms with Crippen LogP contribution in [-0.2, 0) is 10.8 Å². The van der Waals surface area contributed by atoms with Gasteiger partial charge >= 0.3 is 572 Å². The minimum atomic E-state index is -3.27. The molecule has 0 saturated carbocycles.